The molecular formula is C52H61NO2. The molecule has 1 aliphatic rings. The lowest BCUT2D eigenvalue weighted by atomic mass is 9.70. The van der Waals surface area contributed by atoms with Crippen molar-refractivity contribution in [1.29, 1.82) is 5.26 Å². The van der Waals surface area contributed by atoms with Crippen molar-refractivity contribution in [2.45, 2.75) is 111 Å². The van der Waals surface area contributed by atoms with E-state index in [-0.39, 0.29) is 5.41 Å². The maximum atomic E-state index is 9.93. The topological polar surface area (TPSA) is 42.2 Å². The molecule has 3 atom stereocenters. The lowest BCUT2D eigenvalue weighted by Gasteiger charge is -2.32. The third kappa shape index (κ3) is 10.0. The van der Waals surface area contributed by atoms with Gasteiger partial charge in [0.05, 0.1) is 24.8 Å². The molecule has 3 nitrogen and oxygen atoms in total. The van der Waals surface area contributed by atoms with Crippen LogP contribution < -0.4 is 9.47 Å². The summed E-state index contributed by atoms with van der Waals surface area (Å²) in [6, 6.07) is 32.7. The van der Waals surface area contributed by atoms with E-state index >= 15 is 0 Å². The van der Waals surface area contributed by atoms with Crippen LogP contribution in [0.1, 0.15) is 122 Å². The minimum atomic E-state index is -0.289. The smallest absolute Gasteiger partial charge is 0.119 e. The Balaban J connectivity index is 1.53. The molecular weight excluding hydrogens is 671 g/mol. The summed E-state index contributed by atoms with van der Waals surface area (Å²) < 4.78 is 12.6. The van der Waals surface area contributed by atoms with Crippen LogP contribution in [0.3, 0.4) is 0 Å². The molecule has 0 spiro atoms. The molecule has 4 aromatic carbocycles. The van der Waals surface area contributed by atoms with Crippen molar-refractivity contribution in [1.82, 2.24) is 0 Å². The maximum absolute atomic E-state index is 9.93. The first-order valence-corrected chi connectivity index (χ1v) is 20.8. The Kier molecular flexibility index (Phi) is 15.0. The molecule has 0 bridgehead atoms. The zero-order valence-corrected chi connectivity index (χ0v) is 34.2. The van der Waals surface area contributed by atoms with Crippen LogP contribution in [-0.4, -0.2) is 13.2 Å². The predicted octanol–water partition coefficient (Wildman–Crippen LogP) is 13.9. The summed E-state index contributed by atoms with van der Waals surface area (Å²) in [4.78, 5) is 0. The Labute approximate surface area is 332 Å². The largest absolute Gasteiger partial charge is 0.493 e. The Morgan fingerprint density at radius 3 is 1.71 bits per heavy atom. The number of hydrogen-bond donors (Lipinski definition) is 0. The molecule has 0 aliphatic heterocycles. The number of nitriles is 1. The van der Waals surface area contributed by atoms with Crippen molar-refractivity contribution in [2.75, 3.05) is 13.2 Å². The first kappa shape index (κ1) is 41.2. The lowest BCUT2D eigenvalue weighted by molar-refractivity contribution is 0.233. The number of unbranched alkanes of at least 4 members (excludes halogenated alkanes) is 2. The maximum Gasteiger partial charge on any atom is 0.119 e. The van der Waals surface area contributed by atoms with Gasteiger partial charge in [0.1, 0.15) is 11.5 Å². The van der Waals surface area contributed by atoms with Crippen molar-refractivity contribution in [3.8, 4) is 52.2 Å². The number of terminal acetylenes is 1. The van der Waals surface area contributed by atoms with Gasteiger partial charge in [-0.2, -0.15) is 5.26 Å². The summed E-state index contributed by atoms with van der Waals surface area (Å²) in [6.45, 7) is 15.0. The fourth-order valence-electron chi connectivity index (χ4n) is 8.25. The Morgan fingerprint density at radius 1 is 0.709 bits per heavy atom. The zero-order chi connectivity index (χ0) is 39.2. The van der Waals surface area contributed by atoms with Crippen LogP contribution in [0.4, 0.5) is 0 Å². The van der Waals surface area contributed by atoms with E-state index in [1.165, 1.54) is 66.4 Å². The molecule has 0 saturated heterocycles. The van der Waals surface area contributed by atoms with Gasteiger partial charge in [-0.3, -0.25) is 0 Å². The first-order chi connectivity index (χ1) is 26.8. The predicted molar refractivity (Wildman–Crippen MR) is 232 cm³/mol. The summed E-state index contributed by atoms with van der Waals surface area (Å²) >= 11 is 0. The van der Waals surface area contributed by atoms with E-state index < -0.39 is 0 Å². The van der Waals surface area contributed by atoms with E-state index in [2.05, 4.69) is 138 Å². The summed E-state index contributed by atoms with van der Waals surface area (Å²) in [7, 11) is 0. The van der Waals surface area contributed by atoms with Crippen LogP contribution in [0.5, 0.6) is 11.5 Å². The van der Waals surface area contributed by atoms with Crippen molar-refractivity contribution in [3.63, 3.8) is 0 Å². The third-order valence-corrected chi connectivity index (χ3v) is 12.0. The van der Waals surface area contributed by atoms with E-state index in [4.69, 9.17) is 15.9 Å². The van der Waals surface area contributed by atoms with Gasteiger partial charge in [-0.15, -0.1) is 6.42 Å². The number of ether oxygens (including phenoxy) is 2. The first-order valence-electron chi connectivity index (χ1n) is 20.8. The molecule has 0 saturated carbocycles. The molecule has 0 heterocycles. The fraction of sp³-hybridized carbons (Fsp3) is 0.404. The lowest BCUT2D eigenvalue weighted by Crippen LogP contribution is -2.28. The second kappa shape index (κ2) is 20.1. The van der Waals surface area contributed by atoms with Gasteiger partial charge in [-0.1, -0.05) is 127 Å². The summed E-state index contributed by atoms with van der Waals surface area (Å²) in [5.41, 5.74) is 11.1. The van der Waals surface area contributed by atoms with Gasteiger partial charge in [0.2, 0.25) is 0 Å². The normalized spacial score (nSPS) is 16.1. The molecule has 1 aliphatic carbocycles. The molecule has 0 fully saturated rings. The quantitative estimate of drug-likeness (QED) is 0.0850. The minimum Gasteiger partial charge on any atom is -0.493 e. The van der Waals surface area contributed by atoms with Crippen molar-refractivity contribution < 1.29 is 9.47 Å². The number of nitrogens with zero attached hydrogens (tertiary/aromatic N) is 1. The molecule has 286 valence electrons. The van der Waals surface area contributed by atoms with Gasteiger partial charge in [0.15, 0.2) is 0 Å². The molecule has 55 heavy (non-hydrogen) atoms. The summed E-state index contributed by atoms with van der Waals surface area (Å²) in [6.07, 6.45) is 20.8. The average molecular weight is 732 g/mol. The zero-order valence-electron chi connectivity index (χ0n) is 34.2. The number of benzene rings is 4. The average Bonchev–Trinajstić information content (AvgIpc) is 3.45. The molecule has 0 aromatic heterocycles. The highest BCUT2D eigenvalue weighted by molar-refractivity contribution is 5.87. The standard InChI is InChI=1S/C52H61NO2/c1-8-14-17-39(11-4)36-54-47-25-21-43(22-26-47)45-30-42(31-46(33-45)44-23-27-48(28-24-44)55-37-40(12-5)18-15-9-2)34-52(13-6)38(7)49(19-16-10-3)50-29-20-41(35-53)32-51(50)52/h3,16,19-33,39-40H,8-9,11-15,17-18,34,36-37H2,1-2,4-7H3/b19-16-. The SMILES string of the molecule is C#C/C=C\C1=C(C)C(CC)(Cc2cc(-c3ccc(OCC(CC)CCCC)cc3)cc(-c3ccc(OCC(CC)CCCC)cc3)c2)c2cc(C#N)ccc21. The van der Waals surface area contributed by atoms with Crippen LogP contribution in [0, 0.1) is 35.5 Å². The Hall–Kier alpha value is -4.99. The highest BCUT2D eigenvalue weighted by Crippen LogP contribution is 2.51. The molecule has 3 unspecified atom stereocenters. The molecule has 0 amide bonds. The van der Waals surface area contributed by atoms with Crippen LogP contribution >= 0.6 is 0 Å². The van der Waals surface area contributed by atoms with Crippen LogP contribution in [0.15, 0.2) is 103 Å². The van der Waals surface area contributed by atoms with Crippen molar-refractivity contribution in [3.05, 3.63) is 125 Å². The van der Waals surface area contributed by atoms with Gasteiger partial charge < -0.3 is 9.47 Å². The van der Waals surface area contributed by atoms with Crippen molar-refractivity contribution >= 4 is 5.57 Å². The number of allylic oxidation sites excluding steroid dienone is 4. The van der Waals surface area contributed by atoms with Crippen molar-refractivity contribution in [2.24, 2.45) is 11.8 Å². The number of hydrogen-bond acceptors (Lipinski definition) is 3. The summed E-state index contributed by atoms with van der Waals surface area (Å²) in [5.74, 6) is 5.69. The van der Waals surface area contributed by atoms with Gasteiger partial charge in [-0.25, -0.2) is 0 Å². The third-order valence-electron chi connectivity index (χ3n) is 12.0. The molecule has 4 aromatic rings. The monoisotopic (exact) mass is 731 g/mol. The molecule has 0 N–H and O–H groups in total. The van der Waals surface area contributed by atoms with E-state index in [0.29, 0.717) is 17.4 Å². The van der Waals surface area contributed by atoms with Crippen LogP contribution in [-0.2, 0) is 11.8 Å². The summed E-state index contributed by atoms with van der Waals surface area (Å²) in [5, 5.41) is 9.93. The number of rotatable bonds is 20. The van der Waals surface area contributed by atoms with Gasteiger partial charge in [0, 0.05) is 5.41 Å². The Morgan fingerprint density at radius 2 is 1.25 bits per heavy atom. The fourth-order valence-corrected chi connectivity index (χ4v) is 8.25. The van der Waals surface area contributed by atoms with Gasteiger partial charge in [0.25, 0.3) is 0 Å². The van der Waals surface area contributed by atoms with Gasteiger partial charge in [-0.05, 0) is 144 Å². The van der Waals surface area contributed by atoms with Crippen LogP contribution in [0.25, 0.3) is 27.8 Å². The van der Waals surface area contributed by atoms with E-state index in [1.807, 2.05) is 6.07 Å². The van der Waals surface area contributed by atoms with E-state index in [0.717, 1.165) is 72.7 Å². The van der Waals surface area contributed by atoms with E-state index in [1.54, 1.807) is 6.08 Å². The second-order valence-corrected chi connectivity index (χ2v) is 15.4. The van der Waals surface area contributed by atoms with Gasteiger partial charge >= 0.3 is 0 Å². The highest BCUT2D eigenvalue weighted by Gasteiger charge is 2.41. The molecule has 3 heteroatoms. The second-order valence-electron chi connectivity index (χ2n) is 15.4. The molecule has 5 rings (SSSR count). The van der Waals surface area contributed by atoms with Crippen LogP contribution in [0.2, 0.25) is 0 Å². The Bertz CT molecular complexity index is 1920. The minimum absolute atomic E-state index is 0.289. The van der Waals surface area contributed by atoms with E-state index in [9.17, 15) is 5.26 Å². The number of fused-ring (bicyclic) bond motifs is 1. The molecule has 0 radical (unpaired) electrons. The highest BCUT2D eigenvalue weighted by atomic mass is 16.5.